The van der Waals surface area contributed by atoms with Crippen LogP contribution < -0.4 is 0 Å². The van der Waals surface area contributed by atoms with Gasteiger partial charge in [-0.15, -0.1) is 0 Å². The number of H-pyrrole nitrogens is 1. The Labute approximate surface area is 95.7 Å². The van der Waals surface area contributed by atoms with E-state index in [2.05, 4.69) is 44.0 Å². The van der Waals surface area contributed by atoms with Gasteiger partial charge < -0.3 is 4.98 Å². The van der Waals surface area contributed by atoms with E-state index in [9.17, 15) is 4.79 Å². The number of carbonyl (C=O) groups is 1. The quantitative estimate of drug-likeness (QED) is 0.724. The molecule has 1 heterocycles. The minimum Gasteiger partial charge on any atom is -0.358 e. The van der Waals surface area contributed by atoms with Crippen molar-refractivity contribution in [3.8, 4) is 0 Å². The van der Waals surface area contributed by atoms with Crippen molar-refractivity contribution in [2.24, 2.45) is 0 Å². The Morgan fingerprint density at radius 3 is 2.50 bits per heavy atom. The third-order valence-corrected chi connectivity index (χ3v) is 3.02. The molecule has 16 heavy (non-hydrogen) atoms. The summed E-state index contributed by atoms with van der Waals surface area (Å²) in [5.74, 6) is 0. The first-order valence-corrected chi connectivity index (χ1v) is 5.51. The van der Waals surface area contributed by atoms with Crippen LogP contribution in [-0.4, -0.2) is 11.3 Å². The molecule has 0 radical (unpaired) electrons. The van der Waals surface area contributed by atoms with E-state index in [0.717, 1.165) is 28.4 Å². The van der Waals surface area contributed by atoms with Gasteiger partial charge >= 0.3 is 0 Å². The van der Waals surface area contributed by atoms with Crippen molar-refractivity contribution < 1.29 is 4.79 Å². The lowest BCUT2D eigenvalue weighted by Gasteiger charge is -2.18. The summed E-state index contributed by atoms with van der Waals surface area (Å²) in [6.07, 6.45) is 0.931. The number of aromatic amines is 1. The molecule has 2 nitrogen and oxygen atoms in total. The molecule has 2 heteroatoms. The van der Waals surface area contributed by atoms with Crippen LogP contribution in [-0.2, 0) is 5.41 Å². The van der Waals surface area contributed by atoms with E-state index in [1.165, 1.54) is 5.56 Å². The highest BCUT2D eigenvalue weighted by atomic mass is 16.1. The monoisotopic (exact) mass is 215 g/mol. The SMILES string of the molecule is Cc1[nH]c2ccc(C(C)(C)C)cc2c1C=O. The zero-order chi connectivity index (χ0) is 11.9. The molecule has 0 unspecified atom stereocenters. The van der Waals surface area contributed by atoms with Crippen LogP contribution in [0.25, 0.3) is 10.9 Å². The second-order valence-corrected chi connectivity index (χ2v) is 5.29. The number of aromatic nitrogens is 1. The highest BCUT2D eigenvalue weighted by Crippen LogP contribution is 2.28. The van der Waals surface area contributed by atoms with Crippen LogP contribution in [0.2, 0.25) is 0 Å². The van der Waals surface area contributed by atoms with Crippen LogP contribution >= 0.6 is 0 Å². The lowest BCUT2D eigenvalue weighted by Crippen LogP contribution is -2.10. The zero-order valence-corrected chi connectivity index (χ0v) is 10.2. The van der Waals surface area contributed by atoms with Gasteiger partial charge in [-0.05, 0) is 30.0 Å². The van der Waals surface area contributed by atoms with Crippen LogP contribution in [0.1, 0.15) is 42.4 Å². The summed E-state index contributed by atoms with van der Waals surface area (Å²) in [4.78, 5) is 14.3. The number of nitrogens with one attached hydrogen (secondary N) is 1. The summed E-state index contributed by atoms with van der Waals surface area (Å²) >= 11 is 0. The molecule has 0 saturated carbocycles. The molecule has 1 N–H and O–H groups in total. The van der Waals surface area contributed by atoms with Crippen molar-refractivity contribution in [2.45, 2.75) is 33.1 Å². The van der Waals surface area contributed by atoms with Crippen molar-refractivity contribution in [2.75, 3.05) is 0 Å². The molecular formula is C14H17NO. The minimum atomic E-state index is 0.111. The smallest absolute Gasteiger partial charge is 0.152 e. The molecule has 84 valence electrons. The molecule has 0 amide bonds. The van der Waals surface area contributed by atoms with Crippen molar-refractivity contribution in [1.29, 1.82) is 0 Å². The lowest BCUT2D eigenvalue weighted by molar-refractivity contribution is 0.112. The Bertz CT molecular complexity index is 544. The number of rotatable bonds is 1. The molecule has 1 aromatic heterocycles. The molecular weight excluding hydrogens is 198 g/mol. The number of fused-ring (bicyclic) bond motifs is 1. The molecule has 2 rings (SSSR count). The summed E-state index contributed by atoms with van der Waals surface area (Å²) in [5, 5.41) is 1.03. The predicted molar refractivity (Wildman–Crippen MR) is 67.1 cm³/mol. The van der Waals surface area contributed by atoms with Crippen molar-refractivity contribution in [3.63, 3.8) is 0 Å². The highest BCUT2D eigenvalue weighted by Gasteiger charge is 2.15. The lowest BCUT2D eigenvalue weighted by atomic mass is 9.86. The standard InChI is InChI=1S/C14H17NO/c1-9-12(8-16)11-7-10(14(2,3)4)5-6-13(11)15-9/h5-8,15H,1-4H3. The third kappa shape index (κ3) is 1.64. The maximum absolute atomic E-state index is 11.0. The first kappa shape index (κ1) is 10.9. The Kier molecular flexibility index (Phi) is 2.38. The molecule has 2 aromatic rings. The molecule has 0 spiro atoms. The van der Waals surface area contributed by atoms with Gasteiger partial charge in [-0.25, -0.2) is 0 Å². The second kappa shape index (κ2) is 3.48. The predicted octanol–water partition coefficient (Wildman–Crippen LogP) is 3.59. The fraction of sp³-hybridized carbons (Fsp3) is 0.357. The second-order valence-electron chi connectivity index (χ2n) is 5.29. The van der Waals surface area contributed by atoms with E-state index in [1.807, 2.05) is 6.92 Å². The van der Waals surface area contributed by atoms with E-state index in [1.54, 1.807) is 0 Å². The minimum absolute atomic E-state index is 0.111. The van der Waals surface area contributed by atoms with Crippen LogP contribution in [0.4, 0.5) is 0 Å². The molecule has 0 bridgehead atoms. The van der Waals surface area contributed by atoms with Crippen LogP contribution in [0.15, 0.2) is 18.2 Å². The number of benzene rings is 1. The Hall–Kier alpha value is -1.57. The van der Waals surface area contributed by atoms with Gasteiger partial charge in [0.1, 0.15) is 0 Å². The molecule has 0 saturated heterocycles. The van der Waals surface area contributed by atoms with Gasteiger partial charge in [-0.1, -0.05) is 26.8 Å². The summed E-state index contributed by atoms with van der Waals surface area (Å²) in [6.45, 7) is 8.46. The Morgan fingerprint density at radius 1 is 1.25 bits per heavy atom. The maximum atomic E-state index is 11.0. The average molecular weight is 215 g/mol. The first-order valence-electron chi connectivity index (χ1n) is 5.51. The molecule has 0 aliphatic heterocycles. The average Bonchev–Trinajstić information content (AvgIpc) is 2.50. The largest absolute Gasteiger partial charge is 0.358 e. The number of aldehydes is 1. The van der Waals surface area contributed by atoms with Crippen molar-refractivity contribution in [1.82, 2.24) is 4.98 Å². The summed E-state index contributed by atoms with van der Waals surface area (Å²) in [5.41, 5.74) is 4.12. The zero-order valence-electron chi connectivity index (χ0n) is 10.2. The van der Waals surface area contributed by atoms with E-state index in [-0.39, 0.29) is 5.41 Å². The molecule has 0 fully saturated rings. The molecule has 1 aromatic carbocycles. The number of hydrogen-bond acceptors (Lipinski definition) is 1. The van der Waals surface area contributed by atoms with Gasteiger partial charge in [0.05, 0.1) is 0 Å². The van der Waals surface area contributed by atoms with Gasteiger partial charge in [0, 0.05) is 22.2 Å². The normalized spacial score (nSPS) is 12.0. The summed E-state index contributed by atoms with van der Waals surface area (Å²) in [7, 11) is 0. The summed E-state index contributed by atoms with van der Waals surface area (Å²) < 4.78 is 0. The fourth-order valence-electron chi connectivity index (χ4n) is 1.97. The van der Waals surface area contributed by atoms with Gasteiger partial charge in [-0.2, -0.15) is 0 Å². The topological polar surface area (TPSA) is 32.9 Å². The van der Waals surface area contributed by atoms with Crippen LogP contribution in [0, 0.1) is 6.92 Å². The molecule has 0 aliphatic rings. The third-order valence-electron chi connectivity index (χ3n) is 3.02. The first-order chi connectivity index (χ1) is 7.43. The van der Waals surface area contributed by atoms with Gasteiger partial charge in [0.15, 0.2) is 6.29 Å². The molecule has 0 atom stereocenters. The number of carbonyl (C=O) groups excluding carboxylic acids is 1. The van der Waals surface area contributed by atoms with Gasteiger partial charge in [0.2, 0.25) is 0 Å². The van der Waals surface area contributed by atoms with Crippen molar-refractivity contribution in [3.05, 3.63) is 35.0 Å². The van der Waals surface area contributed by atoms with E-state index in [4.69, 9.17) is 0 Å². The highest BCUT2D eigenvalue weighted by molar-refractivity contribution is 5.99. The van der Waals surface area contributed by atoms with Crippen LogP contribution in [0.3, 0.4) is 0 Å². The van der Waals surface area contributed by atoms with E-state index in [0.29, 0.717) is 0 Å². The summed E-state index contributed by atoms with van der Waals surface area (Å²) in [6, 6.07) is 6.28. The Morgan fingerprint density at radius 2 is 1.94 bits per heavy atom. The Balaban J connectivity index is 2.73. The van der Waals surface area contributed by atoms with E-state index >= 15 is 0 Å². The van der Waals surface area contributed by atoms with Crippen molar-refractivity contribution >= 4 is 17.2 Å². The molecule has 0 aliphatic carbocycles. The maximum Gasteiger partial charge on any atom is 0.152 e. The van der Waals surface area contributed by atoms with Crippen LogP contribution in [0.5, 0.6) is 0 Å². The van der Waals surface area contributed by atoms with E-state index < -0.39 is 0 Å². The van der Waals surface area contributed by atoms with Gasteiger partial charge in [-0.3, -0.25) is 4.79 Å². The number of hydrogen-bond donors (Lipinski definition) is 1. The number of aryl methyl sites for hydroxylation is 1. The van der Waals surface area contributed by atoms with Gasteiger partial charge in [0.25, 0.3) is 0 Å². The fourth-order valence-corrected chi connectivity index (χ4v) is 1.97.